The number of carbonyl (C=O) groups excluding carboxylic acids is 2. The van der Waals surface area contributed by atoms with Gasteiger partial charge in [0.05, 0.1) is 6.04 Å². The molecule has 2 atom stereocenters. The van der Waals surface area contributed by atoms with Crippen LogP contribution in [-0.4, -0.2) is 45.7 Å². The molecule has 7 heteroatoms. The van der Waals surface area contributed by atoms with E-state index in [4.69, 9.17) is 0 Å². The molecular weight excluding hydrogens is 364 g/mol. The summed E-state index contributed by atoms with van der Waals surface area (Å²) >= 11 is 0. The molecule has 0 radical (unpaired) electrons. The molecule has 1 aromatic carbocycles. The first-order valence-electron chi connectivity index (χ1n) is 9.46. The molecule has 0 bridgehead atoms. The Labute approximate surface area is 162 Å². The van der Waals surface area contributed by atoms with Gasteiger partial charge in [-0.25, -0.2) is 13.8 Å². The number of hydrogen-bond donors (Lipinski definition) is 0. The molecule has 4 rings (SSSR count). The van der Waals surface area contributed by atoms with E-state index in [9.17, 15) is 18.4 Å². The Hall–Kier alpha value is -2.83. The normalized spacial score (nSPS) is 22.1. The van der Waals surface area contributed by atoms with Gasteiger partial charge in [-0.1, -0.05) is 12.1 Å². The van der Waals surface area contributed by atoms with Crippen LogP contribution in [-0.2, 0) is 11.3 Å². The molecule has 2 aliphatic heterocycles. The number of likely N-dealkylation sites (tertiary alicyclic amines) is 2. The number of hydrogen-bond acceptors (Lipinski definition) is 3. The lowest BCUT2D eigenvalue weighted by Crippen LogP contribution is -2.43. The highest BCUT2D eigenvalue weighted by Crippen LogP contribution is 2.32. The number of benzene rings is 1. The fourth-order valence-corrected chi connectivity index (χ4v) is 4.23. The summed E-state index contributed by atoms with van der Waals surface area (Å²) in [7, 11) is 0. The van der Waals surface area contributed by atoms with Crippen LogP contribution in [0.2, 0.25) is 0 Å². The monoisotopic (exact) mass is 385 g/mol. The van der Waals surface area contributed by atoms with Gasteiger partial charge < -0.3 is 9.80 Å². The van der Waals surface area contributed by atoms with Gasteiger partial charge in [0.1, 0.15) is 5.82 Å². The van der Waals surface area contributed by atoms with Crippen LogP contribution in [0.5, 0.6) is 0 Å². The van der Waals surface area contributed by atoms with Crippen LogP contribution < -0.4 is 0 Å². The van der Waals surface area contributed by atoms with Gasteiger partial charge in [-0.2, -0.15) is 0 Å². The second-order valence-electron chi connectivity index (χ2n) is 7.42. The van der Waals surface area contributed by atoms with Crippen molar-refractivity contribution >= 4 is 11.8 Å². The maximum atomic E-state index is 14.0. The van der Waals surface area contributed by atoms with E-state index in [1.165, 1.54) is 30.5 Å². The molecule has 0 aliphatic carbocycles. The van der Waals surface area contributed by atoms with Crippen molar-refractivity contribution in [2.75, 3.05) is 13.1 Å². The van der Waals surface area contributed by atoms with Crippen molar-refractivity contribution in [3.05, 3.63) is 65.5 Å². The smallest absolute Gasteiger partial charge is 0.275 e. The zero-order valence-electron chi connectivity index (χ0n) is 15.4. The second kappa shape index (κ2) is 7.66. The van der Waals surface area contributed by atoms with E-state index in [0.717, 1.165) is 18.4 Å². The number of amides is 2. The Bertz CT molecular complexity index is 905. The first-order valence-corrected chi connectivity index (χ1v) is 9.46. The lowest BCUT2D eigenvalue weighted by Gasteiger charge is -2.30. The van der Waals surface area contributed by atoms with Crippen LogP contribution in [0.4, 0.5) is 8.78 Å². The van der Waals surface area contributed by atoms with Crippen molar-refractivity contribution in [2.24, 2.45) is 5.92 Å². The maximum absolute atomic E-state index is 14.0. The molecule has 2 fully saturated rings. The van der Waals surface area contributed by atoms with Gasteiger partial charge in [-0.15, -0.1) is 0 Å². The molecule has 2 aliphatic rings. The Morgan fingerprint density at radius 3 is 2.82 bits per heavy atom. The van der Waals surface area contributed by atoms with Gasteiger partial charge >= 0.3 is 0 Å². The summed E-state index contributed by atoms with van der Waals surface area (Å²) in [6.45, 7) is 1.10. The molecular formula is C21H21F2N3O2. The van der Waals surface area contributed by atoms with E-state index in [-0.39, 0.29) is 29.4 Å². The van der Waals surface area contributed by atoms with Crippen molar-refractivity contribution in [2.45, 2.75) is 31.8 Å². The number of pyridine rings is 1. The van der Waals surface area contributed by atoms with Crippen molar-refractivity contribution in [3.8, 4) is 0 Å². The van der Waals surface area contributed by atoms with Crippen molar-refractivity contribution < 1.29 is 18.4 Å². The number of nitrogens with zero attached hydrogens (tertiary/aromatic N) is 3. The van der Waals surface area contributed by atoms with Gasteiger partial charge in [0.15, 0.2) is 11.5 Å². The first kappa shape index (κ1) is 18.5. The Balaban J connectivity index is 1.56. The highest BCUT2D eigenvalue weighted by Gasteiger charge is 2.42. The van der Waals surface area contributed by atoms with Gasteiger partial charge in [-0.3, -0.25) is 9.59 Å². The average Bonchev–Trinajstić information content (AvgIpc) is 3.04. The quantitative estimate of drug-likeness (QED) is 0.816. The van der Waals surface area contributed by atoms with Crippen LogP contribution in [0.15, 0.2) is 42.6 Å². The van der Waals surface area contributed by atoms with Gasteiger partial charge in [0, 0.05) is 32.3 Å². The minimum Gasteiger partial charge on any atom is -0.335 e. The Morgan fingerprint density at radius 2 is 2.04 bits per heavy atom. The lowest BCUT2D eigenvalue weighted by molar-refractivity contribution is -0.133. The summed E-state index contributed by atoms with van der Waals surface area (Å²) in [6.07, 6.45) is 3.42. The van der Waals surface area contributed by atoms with Crippen LogP contribution in [0.1, 0.15) is 35.3 Å². The summed E-state index contributed by atoms with van der Waals surface area (Å²) in [5.74, 6) is -1.31. The zero-order chi connectivity index (χ0) is 19.7. The average molecular weight is 385 g/mol. The van der Waals surface area contributed by atoms with Crippen molar-refractivity contribution in [1.82, 2.24) is 14.8 Å². The number of carbonyl (C=O) groups is 2. The van der Waals surface area contributed by atoms with E-state index in [0.29, 0.717) is 26.1 Å². The largest absolute Gasteiger partial charge is 0.335 e. The minimum atomic E-state index is -0.646. The third-order valence-corrected chi connectivity index (χ3v) is 5.58. The highest BCUT2D eigenvalue weighted by molar-refractivity contribution is 5.93. The van der Waals surface area contributed by atoms with E-state index in [2.05, 4.69) is 4.98 Å². The summed E-state index contributed by atoms with van der Waals surface area (Å²) in [5.41, 5.74) is 0.525. The molecule has 1 aromatic heterocycles. The van der Waals surface area contributed by atoms with Crippen LogP contribution in [0.3, 0.4) is 0 Å². The maximum Gasteiger partial charge on any atom is 0.275 e. The highest BCUT2D eigenvalue weighted by atomic mass is 19.1. The standard InChI is InChI=1S/C21H21F2N3O2/c22-16-6-1-4-14(10-16)11-26-18-13-25(12-15(18)5-2-8-19(26)27)21(28)20-17(23)7-3-9-24-20/h1,3-4,6-7,9-10,15,18H,2,5,8,11-13H2/t15-,18+/m1/s1. The molecule has 2 amide bonds. The topological polar surface area (TPSA) is 53.5 Å². The molecule has 146 valence electrons. The Kier molecular flexibility index (Phi) is 5.07. The van der Waals surface area contributed by atoms with Crippen LogP contribution >= 0.6 is 0 Å². The predicted octanol–water partition coefficient (Wildman–Crippen LogP) is 3.01. The molecule has 2 aromatic rings. The van der Waals surface area contributed by atoms with Crippen molar-refractivity contribution in [3.63, 3.8) is 0 Å². The van der Waals surface area contributed by atoms with E-state index >= 15 is 0 Å². The third-order valence-electron chi connectivity index (χ3n) is 5.58. The van der Waals surface area contributed by atoms with Gasteiger partial charge in [0.25, 0.3) is 5.91 Å². The molecule has 3 heterocycles. The molecule has 0 saturated carbocycles. The van der Waals surface area contributed by atoms with Gasteiger partial charge in [-0.05, 0) is 48.6 Å². The second-order valence-corrected chi connectivity index (χ2v) is 7.42. The number of rotatable bonds is 3. The number of aromatic nitrogens is 1. The molecule has 5 nitrogen and oxygen atoms in total. The Morgan fingerprint density at radius 1 is 1.18 bits per heavy atom. The van der Waals surface area contributed by atoms with Crippen LogP contribution in [0.25, 0.3) is 0 Å². The van der Waals surface area contributed by atoms with E-state index < -0.39 is 11.7 Å². The molecule has 28 heavy (non-hydrogen) atoms. The van der Waals surface area contributed by atoms with E-state index in [1.54, 1.807) is 21.9 Å². The number of halogens is 2. The summed E-state index contributed by atoms with van der Waals surface area (Å²) in [5, 5.41) is 0. The summed E-state index contributed by atoms with van der Waals surface area (Å²) < 4.78 is 27.5. The summed E-state index contributed by atoms with van der Waals surface area (Å²) in [4.78, 5) is 32.7. The summed E-state index contributed by atoms with van der Waals surface area (Å²) in [6, 6.07) is 8.71. The lowest BCUT2D eigenvalue weighted by atomic mass is 9.98. The molecule has 0 unspecified atom stereocenters. The SMILES string of the molecule is O=C(c1ncccc1F)N1C[C@H]2CCCC(=O)N(Cc3cccc(F)c3)[C@H]2C1. The van der Waals surface area contributed by atoms with E-state index in [1.807, 2.05) is 0 Å². The van der Waals surface area contributed by atoms with Crippen molar-refractivity contribution in [1.29, 1.82) is 0 Å². The van der Waals surface area contributed by atoms with Crippen LogP contribution in [0, 0.1) is 17.6 Å². The van der Waals surface area contributed by atoms with Gasteiger partial charge in [0.2, 0.25) is 5.91 Å². The fourth-order valence-electron chi connectivity index (χ4n) is 4.23. The third kappa shape index (κ3) is 3.61. The zero-order valence-corrected chi connectivity index (χ0v) is 15.4. The predicted molar refractivity (Wildman–Crippen MR) is 98.2 cm³/mol. The fraction of sp³-hybridized carbons (Fsp3) is 0.381. The minimum absolute atomic E-state index is 0.00933. The number of fused-ring (bicyclic) bond motifs is 1. The molecule has 0 N–H and O–H groups in total. The molecule has 0 spiro atoms. The first-order chi connectivity index (χ1) is 13.5. The molecule has 2 saturated heterocycles.